The zero-order chi connectivity index (χ0) is 20.4. The van der Waals surface area contributed by atoms with Gasteiger partial charge < -0.3 is 10.1 Å². The number of ether oxygens (including phenoxy) is 1. The number of aromatic amines is 1. The first-order chi connectivity index (χ1) is 13.2. The predicted octanol–water partition coefficient (Wildman–Crippen LogP) is 2.92. The highest BCUT2D eigenvalue weighted by atomic mass is 16.5. The molecule has 2 N–H and O–H groups in total. The number of nitrogens with one attached hydrogen (secondary N) is 2. The number of hydrogen-bond acceptors (Lipinski definition) is 5. The maximum absolute atomic E-state index is 12.6. The minimum atomic E-state index is -0.302. The number of anilines is 1. The molecule has 1 aromatic carbocycles. The van der Waals surface area contributed by atoms with Gasteiger partial charge in [0, 0.05) is 22.9 Å². The Morgan fingerprint density at radius 1 is 1.18 bits per heavy atom. The zero-order valence-corrected chi connectivity index (χ0v) is 16.5. The highest BCUT2D eigenvalue weighted by Crippen LogP contribution is 2.18. The van der Waals surface area contributed by atoms with Crippen molar-refractivity contribution in [3.8, 4) is 11.7 Å². The number of rotatable bonds is 5. The van der Waals surface area contributed by atoms with Crippen molar-refractivity contribution in [3.63, 3.8) is 0 Å². The Hall–Kier alpha value is -3.42. The maximum Gasteiger partial charge on any atom is 0.256 e. The minimum Gasteiger partial charge on any atom is -0.491 e. The van der Waals surface area contributed by atoms with E-state index in [1.165, 1.54) is 4.68 Å². The van der Waals surface area contributed by atoms with Crippen molar-refractivity contribution in [2.45, 2.75) is 40.7 Å². The summed E-state index contributed by atoms with van der Waals surface area (Å²) in [7, 11) is 0. The summed E-state index contributed by atoms with van der Waals surface area (Å²) in [6, 6.07) is 8.59. The van der Waals surface area contributed by atoms with Crippen LogP contribution in [0.15, 0.2) is 35.1 Å². The van der Waals surface area contributed by atoms with Gasteiger partial charge in [0.1, 0.15) is 11.6 Å². The minimum absolute atomic E-state index is 0.0598. The normalized spacial score (nSPS) is 10.9. The van der Waals surface area contributed by atoms with Crippen LogP contribution >= 0.6 is 0 Å². The molecule has 8 nitrogen and oxygen atoms in total. The quantitative estimate of drug-likeness (QED) is 0.707. The molecule has 2 aromatic heterocycles. The van der Waals surface area contributed by atoms with Crippen molar-refractivity contribution in [3.05, 3.63) is 63.2 Å². The SMILES string of the molecule is Cc1cc(NC(=O)c2ccc(OC(C)C)cc2)n(-c2nc(C)c(C)c(=O)[nH]2)n1. The van der Waals surface area contributed by atoms with E-state index in [2.05, 4.69) is 20.4 Å². The summed E-state index contributed by atoms with van der Waals surface area (Å²) in [4.78, 5) is 31.8. The molecule has 0 aliphatic heterocycles. The summed E-state index contributed by atoms with van der Waals surface area (Å²) >= 11 is 0. The third kappa shape index (κ3) is 4.11. The molecule has 0 aliphatic rings. The first-order valence-electron chi connectivity index (χ1n) is 8.97. The van der Waals surface area contributed by atoms with E-state index < -0.39 is 0 Å². The van der Waals surface area contributed by atoms with E-state index in [0.717, 1.165) is 0 Å². The zero-order valence-electron chi connectivity index (χ0n) is 16.5. The van der Waals surface area contributed by atoms with E-state index in [0.29, 0.717) is 34.1 Å². The van der Waals surface area contributed by atoms with Crippen LogP contribution in [0.3, 0.4) is 0 Å². The Morgan fingerprint density at radius 2 is 1.86 bits per heavy atom. The number of benzene rings is 1. The molecule has 8 heteroatoms. The molecule has 146 valence electrons. The van der Waals surface area contributed by atoms with E-state index in [1.54, 1.807) is 51.1 Å². The van der Waals surface area contributed by atoms with Gasteiger partial charge in [-0.05, 0) is 58.9 Å². The number of H-pyrrole nitrogens is 1. The highest BCUT2D eigenvalue weighted by Gasteiger charge is 2.15. The summed E-state index contributed by atoms with van der Waals surface area (Å²) in [6.07, 6.45) is 0.0598. The molecule has 0 saturated carbocycles. The lowest BCUT2D eigenvalue weighted by molar-refractivity contribution is 0.102. The van der Waals surface area contributed by atoms with Gasteiger partial charge in [-0.3, -0.25) is 14.6 Å². The summed E-state index contributed by atoms with van der Waals surface area (Å²) < 4.78 is 7.01. The molecule has 3 aromatic rings. The van der Waals surface area contributed by atoms with Gasteiger partial charge >= 0.3 is 0 Å². The van der Waals surface area contributed by atoms with Crippen molar-refractivity contribution in [2.75, 3.05) is 5.32 Å². The van der Waals surface area contributed by atoms with Gasteiger partial charge in [0.2, 0.25) is 5.95 Å². The van der Waals surface area contributed by atoms with Crippen LogP contribution in [0.1, 0.15) is 41.2 Å². The molecule has 0 spiro atoms. The topological polar surface area (TPSA) is 102 Å². The van der Waals surface area contributed by atoms with Gasteiger partial charge in [0.05, 0.1) is 11.8 Å². The second kappa shape index (κ2) is 7.67. The average Bonchev–Trinajstić information content (AvgIpc) is 2.99. The lowest BCUT2D eigenvalue weighted by Gasteiger charge is -2.11. The highest BCUT2D eigenvalue weighted by molar-refractivity contribution is 6.04. The van der Waals surface area contributed by atoms with Gasteiger partial charge in [0.25, 0.3) is 11.5 Å². The Kier molecular flexibility index (Phi) is 5.30. The van der Waals surface area contributed by atoms with Crippen LogP contribution in [-0.4, -0.2) is 31.8 Å². The molecule has 3 rings (SSSR count). The first-order valence-corrected chi connectivity index (χ1v) is 8.97. The number of aryl methyl sites for hydroxylation is 2. The molecule has 0 unspecified atom stereocenters. The molecule has 0 saturated heterocycles. The van der Waals surface area contributed by atoms with Crippen LogP contribution in [0.2, 0.25) is 0 Å². The first kappa shape index (κ1) is 19.3. The van der Waals surface area contributed by atoms with Gasteiger partial charge in [-0.15, -0.1) is 0 Å². The molecular formula is C20H23N5O3. The van der Waals surface area contributed by atoms with Crippen molar-refractivity contribution in [1.29, 1.82) is 0 Å². The Bertz CT molecular complexity index is 1060. The lowest BCUT2D eigenvalue weighted by Crippen LogP contribution is -2.20. The van der Waals surface area contributed by atoms with E-state index in [9.17, 15) is 9.59 Å². The fourth-order valence-electron chi connectivity index (χ4n) is 2.63. The summed E-state index contributed by atoms with van der Waals surface area (Å²) in [5, 5.41) is 7.15. The standard InChI is InChI=1S/C20H23N5O3/c1-11(2)28-16-8-6-15(7-9-16)19(27)22-17-10-12(3)24-25(17)20-21-14(5)13(4)18(26)23-20/h6-11H,1-5H3,(H,22,27)(H,21,23,26). The third-order valence-corrected chi connectivity index (χ3v) is 4.14. The average molecular weight is 381 g/mol. The molecule has 0 aliphatic carbocycles. The molecule has 1 amide bonds. The molecule has 28 heavy (non-hydrogen) atoms. The van der Waals surface area contributed by atoms with Gasteiger partial charge in [0.15, 0.2) is 0 Å². The number of aromatic nitrogens is 4. The van der Waals surface area contributed by atoms with E-state index in [4.69, 9.17) is 4.74 Å². The molecule has 0 atom stereocenters. The number of carbonyl (C=O) groups excluding carboxylic acids is 1. The molecular weight excluding hydrogens is 358 g/mol. The molecule has 0 fully saturated rings. The van der Waals surface area contributed by atoms with Crippen molar-refractivity contribution in [1.82, 2.24) is 19.7 Å². The number of nitrogens with zero attached hydrogens (tertiary/aromatic N) is 3. The fourth-order valence-corrected chi connectivity index (χ4v) is 2.63. The van der Waals surface area contributed by atoms with Crippen LogP contribution in [0, 0.1) is 20.8 Å². The molecule has 2 heterocycles. The number of carbonyl (C=O) groups is 1. The van der Waals surface area contributed by atoms with Crippen molar-refractivity contribution in [2.24, 2.45) is 0 Å². The number of hydrogen-bond donors (Lipinski definition) is 2. The van der Waals surface area contributed by atoms with Crippen molar-refractivity contribution < 1.29 is 9.53 Å². The number of amides is 1. The smallest absolute Gasteiger partial charge is 0.256 e. The molecule has 0 bridgehead atoms. The third-order valence-electron chi connectivity index (χ3n) is 4.14. The van der Waals surface area contributed by atoms with Crippen LogP contribution < -0.4 is 15.6 Å². The lowest BCUT2D eigenvalue weighted by atomic mass is 10.2. The van der Waals surface area contributed by atoms with E-state index in [-0.39, 0.29) is 23.5 Å². The predicted molar refractivity (Wildman–Crippen MR) is 106 cm³/mol. The Morgan fingerprint density at radius 3 is 2.46 bits per heavy atom. The van der Waals surface area contributed by atoms with Crippen LogP contribution in [0.5, 0.6) is 5.75 Å². The Balaban J connectivity index is 1.87. The van der Waals surface area contributed by atoms with Crippen LogP contribution in [0.25, 0.3) is 5.95 Å². The fraction of sp³-hybridized carbons (Fsp3) is 0.300. The summed E-state index contributed by atoms with van der Waals surface area (Å²) in [5.74, 6) is 1.06. The largest absolute Gasteiger partial charge is 0.491 e. The van der Waals surface area contributed by atoms with Gasteiger partial charge in [-0.1, -0.05) is 0 Å². The second-order valence-electron chi connectivity index (χ2n) is 6.83. The summed E-state index contributed by atoms with van der Waals surface area (Å²) in [6.45, 7) is 9.13. The maximum atomic E-state index is 12.6. The monoisotopic (exact) mass is 381 g/mol. The van der Waals surface area contributed by atoms with E-state index >= 15 is 0 Å². The van der Waals surface area contributed by atoms with Gasteiger partial charge in [-0.2, -0.15) is 9.78 Å². The molecule has 0 radical (unpaired) electrons. The van der Waals surface area contributed by atoms with Crippen LogP contribution in [-0.2, 0) is 0 Å². The van der Waals surface area contributed by atoms with Crippen molar-refractivity contribution >= 4 is 11.7 Å². The Labute approximate surface area is 162 Å². The van der Waals surface area contributed by atoms with Crippen LogP contribution in [0.4, 0.5) is 5.82 Å². The summed E-state index contributed by atoms with van der Waals surface area (Å²) in [5.41, 5.74) is 2.06. The van der Waals surface area contributed by atoms with Gasteiger partial charge in [-0.25, -0.2) is 4.98 Å². The second-order valence-corrected chi connectivity index (χ2v) is 6.83. The van der Waals surface area contributed by atoms with E-state index in [1.807, 2.05) is 13.8 Å².